The average molecular weight is 537 g/mol. The third-order valence-electron chi connectivity index (χ3n) is 6.90. The zero-order valence-corrected chi connectivity index (χ0v) is 21.8. The number of aromatic nitrogens is 4. The maximum Gasteiger partial charge on any atom is 0.265 e. The van der Waals surface area contributed by atoms with Gasteiger partial charge in [0, 0.05) is 49.1 Å². The zero-order chi connectivity index (χ0) is 25.5. The highest BCUT2D eigenvalue weighted by Gasteiger charge is 2.32. The normalized spacial score (nSPS) is 17.3. The Morgan fingerprint density at radius 3 is 2.62 bits per heavy atom. The molecule has 4 heterocycles. The van der Waals surface area contributed by atoms with E-state index in [0.717, 1.165) is 30.2 Å². The Morgan fingerprint density at radius 1 is 1.11 bits per heavy atom. The standard InChI is InChI=1S/C26H25ClN6O3S/c1-36-21-7-5-18(6-8-21)30-9-11-31(12-10-30)23(34)14-20-16-37-26-29-24-22(25(35)32(20)26)15-28-33(24)19-4-2-3-17(27)13-19/h2-8,13,15,20H,9-12,14,16H2,1H3. The molecule has 0 radical (unpaired) electrons. The van der Waals surface area contributed by atoms with Gasteiger partial charge in [0.05, 0.1) is 25.0 Å². The van der Waals surface area contributed by atoms with E-state index in [0.29, 0.717) is 40.1 Å². The van der Waals surface area contributed by atoms with Gasteiger partial charge in [0.1, 0.15) is 11.1 Å². The Balaban J connectivity index is 1.17. The molecule has 37 heavy (non-hydrogen) atoms. The summed E-state index contributed by atoms with van der Waals surface area (Å²) in [5.41, 5.74) is 2.19. The van der Waals surface area contributed by atoms with E-state index in [2.05, 4.69) is 10.00 Å². The molecule has 2 aromatic heterocycles. The summed E-state index contributed by atoms with van der Waals surface area (Å²) in [6.07, 6.45) is 1.82. The molecule has 6 rings (SSSR count). The number of carbonyl (C=O) groups is 1. The Labute approximate surface area is 222 Å². The highest BCUT2D eigenvalue weighted by atomic mass is 35.5. The van der Waals surface area contributed by atoms with Crippen LogP contribution < -0.4 is 15.2 Å². The van der Waals surface area contributed by atoms with Crippen LogP contribution in [0.25, 0.3) is 16.7 Å². The van der Waals surface area contributed by atoms with Gasteiger partial charge in [0.2, 0.25) is 5.91 Å². The number of anilines is 1. The van der Waals surface area contributed by atoms with Crippen LogP contribution in [0.15, 0.2) is 64.7 Å². The predicted molar refractivity (Wildman–Crippen MR) is 144 cm³/mol. The van der Waals surface area contributed by atoms with Gasteiger partial charge in [-0.05, 0) is 42.5 Å². The van der Waals surface area contributed by atoms with Crippen molar-refractivity contribution in [2.75, 3.05) is 43.9 Å². The summed E-state index contributed by atoms with van der Waals surface area (Å²) in [6, 6.07) is 15.0. The Hall–Kier alpha value is -3.50. The van der Waals surface area contributed by atoms with Crippen molar-refractivity contribution in [2.45, 2.75) is 17.6 Å². The van der Waals surface area contributed by atoms with E-state index in [9.17, 15) is 9.59 Å². The second-order valence-corrected chi connectivity index (χ2v) is 10.5. The lowest BCUT2D eigenvalue weighted by atomic mass is 10.1. The topological polar surface area (TPSA) is 85.5 Å². The van der Waals surface area contributed by atoms with E-state index in [1.165, 1.54) is 11.8 Å². The molecule has 2 aliphatic heterocycles. The van der Waals surface area contributed by atoms with Gasteiger partial charge in [-0.1, -0.05) is 29.4 Å². The number of rotatable bonds is 5. The van der Waals surface area contributed by atoms with Gasteiger partial charge < -0.3 is 14.5 Å². The molecule has 2 aromatic carbocycles. The minimum Gasteiger partial charge on any atom is -0.497 e. The molecular weight excluding hydrogens is 512 g/mol. The molecule has 9 nitrogen and oxygen atoms in total. The summed E-state index contributed by atoms with van der Waals surface area (Å²) in [6.45, 7) is 2.82. The van der Waals surface area contributed by atoms with E-state index in [1.807, 2.05) is 41.3 Å². The molecule has 11 heteroatoms. The number of benzene rings is 2. The first kappa shape index (κ1) is 23.9. The van der Waals surface area contributed by atoms with Crippen molar-refractivity contribution in [3.05, 3.63) is 70.1 Å². The van der Waals surface area contributed by atoms with Gasteiger partial charge in [-0.2, -0.15) is 5.10 Å². The van der Waals surface area contributed by atoms with Crippen molar-refractivity contribution in [3.63, 3.8) is 0 Å². The fraction of sp³-hybridized carbons (Fsp3) is 0.308. The van der Waals surface area contributed by atoms with Gasteiger partial charge in [-0.3, -0.25) is 14.2 Å². The van der Waals surface area contributed by atoms with Gasteiger partial charge in [0.15, 0.2) is 10.8 Å². The lowest BCUT2D eigenvalue weighted by molar-refractivity contribution is -0.132. The van der Waals surface area contributed by atoms with Crippen LogP contribution in [-0.2, 0) is 4.79 Å². The summed E-state index contributed by atoms with van der Waals surface area (Å²) in [7, 11) is 1.65. The van der Waals surface area contributed by atoms with Crippen molar-refractivity contribution in [3.8, 4) is 11.4 Å². The molecule has 0 aliphatic carbocycles. The number of halogens is 1. The molecule has 1 unspecified atom stereocenters. The molecule has 0 N–H and O–H groups in total. The van der Waals surface area contributed by atoms with Crippen molar-refractivity contribution in [1.29, 1.82) is 0 Å². The lowest BCUT2D eigenvalue weighted by Crippen LogP contribution is -2.49. The molecule has 2 aliphatic rings. The quantitative estimate of drug-likeness (QED) is 0.360. The van der Waals surface area contributed by atoms with Crippen molar-refractivity contribution < 1.29 is 9.53 Å². The molecule has 0 bridgehead atoms. The van der Waals surface area contributed by atoms with Gasteiger partial charge >= 0.3 is 0 Å². The highest BCUT2D eigenvalue weighted by Crippen LogP contribution is 2.34. The Morgan fingerprint density at radius 2 is 1.89 bits per heavy atom. The monoisotopic (exact) mass is 536 g/mol. The van der Waals surface area contributed by atoms with Crippen LogP contribution in [0.1, 0.15) is 12.5 Å². The summed E-state index contributed by atoms with van der Waals surface area (Å²) >= 11 is 7.65. The van der Waals surface area contributed by atoms with Crippen LogP contribution >= 0.6 is 23.4 Å². The highest BCUT2D eigenvalue weighted by molar-refractivity contribution is 7.99. The fourth-order valence-electron chi connectivity index (χ4n) is 4.92. The zero-order valence-electron chi connectivity index (χ0n) is 20.2. The number of thioether (sulfide) groups is 1. The first-order valence-electron chi connectivity index (χ1n) is 12.1. The SMILES string of the molecule is COc1ccc(N2CCN(C(=O)CC3CSc4nc5c(cnn5-c5cccc(Cl)c5)c(=O)n43)CC2)cc1. The average Bonchev–Trinajstić information content (AvgIpc) is 3.54. The number of hydrogen-bond acceptors (Lipinski definition) is 7. The van der Waals surface area contributed by atoms with E-state index in [4.69, 9.17) is 21.3 Å². The molecule has 1 atom stereocenters. The summed E-state index contributed by atoms with van der Waals surface area (Å²) in [5.74, 6) is 1.53. The maximum absolute atomic E-state index is 13.4. The fourth-order valence-corrected chi connectivity index (χ4v) is 6.23. The molecule has 1 saturated heterocycles. The predicted octanol–water partition coefficient (Wildman–Crippen LogP) is 3.63. The van der Waals surface area contributed by atoms with Crippen LogP contribution in [0.5, 0.6) is 5.75 Å². The van der Waals surface area contributed by atoms with Gasteiger partial charge in [-0.25, -0.2) is 9.67 Å². The number of carbonyl (C=O) groups excluding carboxylic acids is 1. The van der Waals surface area contributed by atoms with Crippen molar-refractivity contribution in [2.24, 2.45) is 0 Å². The maximum atomic E-state index is 13.4. The van der Waals surface area contributed by atoms with Gasteiger partial charge in [0.25, 0.3) is 5.56 Å². The third-order valence-corrected chi connectivity index (χ3v) is 8.24. The summed E-state index contributed by atoms with van der Waals surface area (Å²) in [4.78, 5) is 35.6. The minimum absolute atomic E-state index is 0.0643. The molecule has 4 aromatic rings. The van der Waals surface area contributed by atoms with Crippen LogP contribution in [0.2, 0.25) is 5.02 Å². The van der Waals surface area contributed by atoms with Crippen molar-refractivity contribution in [1.82, 2.24) is 24.2 Å². The van der Waals surface area contributed by atoms with E-state index < -0.39 is 0 Å². The second kappa shape index (κ2) is 9.75. The largest absolute Gasteiger partial charge is 0.497 e. The molecule has 1 fully saturated rings. The number of nitrogens with zero attached hydrogens (tertiary/aromatic N) is 6. The van der Waals surface area contributed by atoms with E-state index in [1.54, 1.807) is 34.7 Å². The second-order valence-electron chi connectivity index (χ2n) is 9.08. The molecular formula is C26H25ClN6O3S. The Kier molecular flexibility index (Phi) is 6.29. The number of amides is 1. The Bertz CT molecular complexity index is 1530. The van der Waals surface area contributed by atoms with Crippen molar-refractivity contribution >= 4 is 46.0 Å². The van der Waals surface area contributed by atoms with Crippen LogP contribution in [0.3, 0.4) is 0 Å². The molecule has 1 amide bonds. The van der Waals surface area contributed by atoms with Crippen LogP contribution in [-0.4, -0.2) is 69.2 Å². The lowest BCUT2D eigenvalue weighted by Gasteiger charge is -2.36. The van der Waals surface area contributed by atoms with E-state index >= 15 is 0 Å². The van der Waals surface area contributed by atoms with Crippen LogP contribution in [0, 0.1) is 0 Å². The first-order chi connectivity index (χ1) is 18.0. The first-order valence-corrected chi connectivity index (χ1v) is 13.4. The number of ether oxygens (including phenoxy) is 1. The minimum atomic E-state index is -0.231. The third kappa shape index (κ3) is 4.44. The molecule has 0 spiro atoms. The summed E-state index contributed by atoms with van der Waals surface area (Å²) < 4.78 is 8.54. The number of fused-ring (bicyclic) bond motifs is 2. The number of piperazine rings is 1. The molecule has 0 saturated carbocycles. The number of hydrogen-bond donors (Lipinski definition) is 0. The van der Waals surface area contributed by atoms with E-state index in [-0.39, 0.29) is 23.9 Å². The smallest absolute Gasteiger partial charge is 0.265 e. The van der Waals surface area contributed by atoms with Crippen LogP contribution in [0.4, 0.5) is 5.69 Å². The summed E-state index contributed by atoms with van der Waals surface area (Å²) in [5, 5.41) is 6.02. The molecule has 190 valence electrons. The number of methoxy groups -OCH3 is 1. The van der Waals surface area contributed by atoms with Gasteiger partial charge in [-0.15, -0.1) is 0 Å².